The number of benzene rings is 2. The highest BCUT2D eigenvalue weighted by molar-refractivity contribution is 7.91. The number of piperidine rings is 2. The van der Waals surface area contributed by atoms with Crippen molar-refractivity contribution in [3.8, 4) is 0 Å². The average Bonchev–Trinajstić information content (AvgIpc) is 2.72. The Hall–Kier alpha value is -1.18. The molecule has 7 heteroatoms. The van der Waals surface area contributed by atoms with Gasteiger partial charge >= 0.3 is 0 Å². The number of rotatable bonds is 5. The minimum atomic E-state index is -3.01. The van der Waals surface area contributed by atoms with E-state index in [9.17, 15) is 8.42 Å². The van der Waals surface area contributed by atoms with Crippen molar-refractivity contribution >= 4 is 33.0 Å². The molecule has 4 rings (SSSR count). The highest BCUT2D eigenvalue weighted by Gasteiger charge is 2.36. The van der Waals surface area contributed by atoms with Gasteiger partial charge in [-0.2, -0.15) is 0 Å². The van der Waals surface area contributed by atoms with Crippen LogP contribution >= 0.6 is 12.4 Å². The van der Waals surface area contributed by atoms with E-state index in [2.05, 4.69) is 53.1 Å². The van der Waals surface area contributed by atoms with Crippen LogP contribution in [-0.2, 0) is 21.2 Å². The molecule has 2 saturated heterocycles. The predicted octanol–water partition coefficient (Wildman–Crippen LogP) is 3.13. The summed E-state index contributed by atoms with van der Waals surface area (Å²) in [4.78, 5) is 0. The van der Waals surface area contributed by atoms with Crippen LogP contribution in [0, 0.1) is 11.8 Å². The van der Waals surface area contributed by atoms with Gasteiger partial charge < -0.3 is 15.4 Å². The van der Waals surface area contributed by atoms with Crippen LogP contribution in [0.1, 0.15) is 24.8 Å². The van der Waals surface area contributed by atoms with Crippen LogP contribution in [0.5, 0.6) is 0 Å². The Labute approximate surface area is 179 Å². The average molecular weight is 439 g/mol. The smallest absolute Gasteiger partial charge is 0.163 e. The van der Waals surface area contributed by atoms with Crippen LogP contribution in [0.15, 0.2) is 42.5 Å². The third-order valence-electron chi connectivity index (χ3n) is 6.29. The summed E-state index contributed by atoms with van der Waals surface area (Å²) in [6.45, 7) is 3.24. The van der Waals surface area contributed by atoms with E-state index in [1.807, 2.05) is 0 Å². The van der Waals surface area contributed by atoms with Crippen LogP contribution in [0.25, 0.3) is 10.8 Å². The molecule has 2 aromatic carbocycles. The zero-order valence-corrected chi connectivity index (χ0v) is 18.5. The fourth-order valence-electron chi connectivity index (χ4n) is 4.69. The molecule has 0 radical (unpaired) electrons. The molecule has 2 heterocycles. The number of hydrogen-bond donors (Lipinski definition) is 2. The second-order valence-electron chi connectivity index (χ2n) is 8.25. The molecule has 2 aliphatic heterocycles. The molecule has 5 nitrogen and oxygen atoms in total. The van der Waals surface area contributed by atoms with Gasteiger partial charge in [0.2, 0.25) is 0 Å². The quantitative estimate of drug-likeness (QED) is 0.750. The molecule has 0 aromatic heterocycles. The topological polar surface area (TPSA) is 67.4 Å². The molecular formula is C22H31ClN2O3S. The molecule has 0 spiro atoms. The number of sulfone groups is 1. The van der Waals surface area contributed by atoms with Crippen LogP contribution in [0.4, 0.5) is 0 Å². The van der Waals surface area contributed by atoms with Gasteiger partial charge in [-0.05, 0) is 66.6 Å². The first-order chi connectivity index (χ1) is 13.5. The summed E-state index contributed by atoms with van der Waals surface area (Å²) in [6.07, 6.45) is 4.22. The Morgan fingerprint density at radius 1 is 1.03 bits per heavy atom. The molecule has 2 fully saturated rings. The van der Waals surface area contributed by atoms with Crippen LogP contribution in [-0.4, -0.2) is 45.8 Å². The summed E-state index contributed by atoms with van der Waals surface area (Å²) >= 11 is 0. The third-order valence-corrected chi connectivity index (χ3v) is 7.72. The van der Waals surface area contributed by atoms with Crippen LogP contribution in [0.2, 0.25) is 0 Å². The van der Waals surface area contributed by atoms with Crippen molar-refractivity contribution in [3.63, 3.8) is 0 Å². The highest BCUT2D eigenvalue weighted by Crippen LogP contribution is 2.31. The molecule has 29 heavy (non-hydrogen) atoms. The first-order valence-corrected chi connectivity index (χ1v) is 12.2. The highest BCUT2D eigenvalue weighted by atomic mass is 35.5. The predicted molar refractivity (Wildman–Crippen MR) is 120 cm³/mol. The Morgan fingerprint density at radius 2 is 1.83 bits per heavy atom. The van der Waals surface area contributed by atoms with Crippen molar-refractivity contribution in [3.05, 3.63) is 48.0 Å². The van der Waals surface area contributed by atoms with Gasteiger partial charge in [0.1, 0.15) is 5.37 Å². The van der Waals surface area contributed by atoms with Gasteiger partial charge in [0.15, 0.2) is 9.84 Å². The van der Waals surface area contributed by atoms with Crippen molar-refractivity contribution in [2.45, 2.75) is 37.3 Å². The zero-order chi connectivity index (χ0) is 19.6. The molecule has 2 N–H and O–H groups in total. The Bertz CT molecular complexity index is 913. The summed E-state index contributed by atoms with van der Waals surface area (Å²) in [7, 11) is -3.01. The molecule has 0 bridgehead atoms. The first-order valence-electron chi connectivity index (χ1n) is 10.2. The molecular weight excluding hydrogens is 408 g/mol. The van der Waals surface area contributed by atoms with E-state index < -0.39 is 9.84 Å². The maximum atomic E-state index is 11.8. The van der Waals surface area contributed by atoms with Gasteiger partial charge in [0, 0.05) is 12.8 Å². The second-order valence-corrected chi connectivity index (χ2v) is 10.5. The lowest BCUT2D eigenvalue weighted by Gasteiger charge is -2.40. The standard InChI is InChI=1S/C22H30N2O3S.ClH/c1-28(25,26)22-9-8-19(13-24-22)20-10-11-23-14-21(20)27-15-16-6-7-17-4-2-3-5-18(17)12-16;/h2-7,12,19-24H,8-11,13-15H2,1H3;1H. The lowest BCUT2D eigenvalue weighted by molar-refractivity contribution is -0.0353. The van der Waals surface area contributed by atoms with E-state index in [0.29, 0.717) is 24.9 Å². The van der Waals surface area contributed by atoms with E-state index in [-0.39, 0.29) is 23.9 Å². The van der Waals surface area contributed by atoms with Gasteiger partial charge in [-0.15, -0.1) is 12.4 Å². The van der Waals surface area contributed by atoms with Crippen molar-refractivity contribution in [2.24, 2.45) is 11.8 Å². The maximum absolute atomic E-state index is 11.8. The molecule has 4 atom stereocenters. The van der Waals surface area contributed by atoms with Gasteiger partial charge in [-0.1, -0.05) is 36.4 Å². The summed E-state index contributed by atoms with van der Waals surface area (Å²) in [5, 5.41) is 8.82. The van der Waals surface area contributed by atoms with E-state index in [1.165, 1.54) is 22.6 Å². The van der Waals surface area contributed by atoms with Crippen LogP contribution in [0.3, 0.4) is 0 Å². The lowest BCUT2D eigenvalue weighted by atomic mass is 9.79. The molecule has 2 aromatic rings. The minimum absolute atomic E-state index is 0. The maximum Gasteiger partial charge on any atom is 0.163 e. The van der Waals surface area contributed by atoms with E-state index in [0.717, 1.165) is 32.5 Å². The fraction of sp³-hybridized carbons (Fsp3) is 0.545. The number of fused-ring (bicyclic) bond motifs is 1. The number of halogens is 1. The lowest BCUT2D eigenvalue weighted by Crippen LogP contribution is -2.51. The number of hydrogen-bond acceptors (Lipinski definition) is 5. The van der Waals surface area contributed by atoms with E-state index >= 15 is 0 Å². The van der Waals surface area contributed by atoms with E-state index in [4.69, 9.17) is 4.74 Å². The van der Waals surface area contributed by atoms with Gasteiger partial charge in [0.05, 0.1) is 12.7 Å². The summed E-state index contributed by atoms with van der Waals surface area (Å²) < 4.78 is 29.9. The SMILES string of the molecule is CS(=O)(=O)C1CCC(C2CCNCC2OCc2ccc3ccccc3c2)CN1.Cl. The summed E-state index contributed by atoms with van der Waals surface area (Å²) in [5.41, 5.74) is 1.20. The molecule has 160 valence electrons. The Balaban J connectivity index is 0.00000240. The molecule has 0 amide bonds. The monoisotopic (exact) mass is 438 g/mol. The number of ether oxygens (including phenoxy) is 1. The molecule has 0 saturated carbocycles. The number of nitrogens with one attached hydrogen (secondary N) is 2. The molecule has 4 unspecified atom stereocenters. The van der Waals surface area contributed by atoms with E-state index in [1.54, 1.807) is 0 Å². The second kappa shape index (κ2) is 9.75. The van der Waals surface area contributed by atoms with Crippen molar-refractivity contribution in [1.29, 1.82) is 0 Å². The molecule has 2 aliphatic rings. The Morgan fingerprint density at radius 3 is 2.55 bits per heavy atom. The van der Waals surface area contributed by atoms with Gasteiger partial charge in [0.25, 0.3) is 0 Å². The van der Waals surface area contributed by atoms with Crippen molar-refractivity contribution < 1.29 is 13.2 Å². The summed E-state index contributed by atoms with van der Waals surface area (Å²) in [6, 6.07) is 14.9. The largest absolute Gasteiger partial charge is 0.372 e. The summed E-state index contributed by atoms with van der Waals surface area (Å²) in [5.74, 6) is 0.941. The van der Waals surface area contributed by atoms with Crippen molar-refractivity contribution in [1.82, 2.24) is 10.6 Å². The normalized spacial score (nSPS) is 28.0. The first kappa shape index (κ1) is 22.5. The third kappa shape index (κ3) is 5.50. The van der Waals surface area contributed by atoms with Gasteiger partial charge in [-0.3, -0.25) is 0 Å². The van der Waals surface area contributed by atoms with Crippen LogP contribution < -0.4 is 10.6 Å². The molecule has 0 aliphatic carbocycles. The zero-order valence-electron chi connectivity index (χ0n) is 16.8. The minimum Gasteiger partial charge on any atom is -0.372 e. The fourth-order valence-corrected chi connectivity index (χ4v) is 5.65. The van der Waals surface area contributed by atoms with Gasteiger partial charge in [-0.25, -0.2) is 8.42 Å². The van der Waals surface area contributed by atoms with Crippen molar-refractivity contribution in [2.75, 3.05) is 25.9 Å². The Kier molecular flexibility index (Phi) is 7.57.